The van der Waals surface area contributed by atoms with Gasteiger partial charge in [-0.2, -0.15) is 0 Å². The Morgan fingerprint density at radius 3 is 2.46 bits per heavy atom. The lowest BCUT2D eigenvalue weighted by Crippen LogP contribution is -2.45. The Morgan fingerprint density at radius 1 is 1.02 bits per heavy atom. The molecule has 41 heavy (non-hydrogen) atoms. The van der Waals surface area contributed by atoms with Crippen molar-refractivity contribution in [3.8, 4) is 0 Å². The minimum atomic E-state index is -0.553. The zero-order valence-corrected chi connectivity index (χ0v) is 24.7. The third kappa shape index (κ3) is 10.8. The molecule has 1 aromatic carbocycles. The highest BCUT2D eigenvalue weighted by atomic mass is 16.5. The number of hydrogen-bond acceptors (Lipinski definition) is 5. The molecule has 0 spiro atoms. The predicted molar refractivity (Wildman–Crippen MR) is 162 cm³/mol. The van der Waals surface area contributed by atoms with E-state index in [9.17, 15) is 19.5 Å². The zero-order valence-electron chi connectivity index (χ0n) is 24.7. The van der Waals surface area contributed by atoms with Gasteiger partial charge in [0.1, 0.15) is 6.61 Å². The molecule has 2 fully saturated rings. The first-order valence-electron chi connectivity index (χ1n) is 15.6. The molecule has 1 aliphatic carbocycles. The molecule has 1 aliphatic heterocycles. The summed E-state index contributed by atoms with van der Waals surface area (Å²) in [5.41, 5.74) is 1.09. The van der Waals surface area contributed by atoms with Gasteiger partial charge in [0, 0.05) is 13.0 Å². The number of carbonyl (C=O) groups excluding carboxylic acids is 3. The summed E-state index contributed by atoms with van der Waals surface area (Å²) in [4.78, 5) is 41.6. The summed E-state index contributed by atoms with van der Waals surface area (Å²) in [6.45, 7) is 8.29. The number of amides is 2. The zero-order chi connectivity index (χ0) is 29.5. The van der Waals surface area contributed by atoms with E-state index in [0.29, 0.717) is 31.7 Å². The molecule has 1 saturated carbocycles. The van der Waals surface area contributed by atoms with Gasteiger partial charge in [-0.05, 0) is 56.4 Å². The number of rotatable bonds is 17. The van der Waals surface area contributed by atoms with Crippen molar-refractivity contribution >= 4 is 17.8 Å². The minimum absolute atomic E-state index is 0.0586. The maximum atomic E-state index is 13.5. The summed E-state index contributed by atoms with van der Waals surface area (Å²) in [6.07, 6.45) is 14.2. The SMILES string of the molecule is C=CCCC(Cc1ccccc1)C(=O)OCC(CC1CCCCC1)NC(=O)C(CC=C)CC(=O)N1CCCC1CO. The molecule has 226 valence electrons. The molecule has 0 radical (unpaired) electrons. The maximum absolute atomic E-state index is 13.5. The molecule has 2 aliphatic rings. The van der Waals surface area contributed by atoms with Crippen molar-refractivity contribution in [3.63, 3.8) is 0 Å². The molecule has 1 saturated heterocycles. The van der Waals surface area contributed by atoms with Gasteiger partial charge >= 0.3 is 5.97 Å². The van der Waals surface area contributed by atoms with Crippen LogP contribution in [0.3, 0.4) is 0 Å². The number of aliphatic hydroxyl groups is 1. The minimum Gasteiger partial charge on any atom is -0.463 e. The number of carbonyl (C=O) groups is 3. The van der Waals surface area contributed by atoms with E-state index in [1.807, 2.05) is 36.4 Å². The molecule has 1 heterocycles. The van der Waals surface area contributed by atoms with E-state index in [0.717, 1.165) is 44.1 Å². The van der Waals surface area contributed by atoms with Crippen LogP contribution in [0.15, 0.2) is 55.6 Å². The van der Waals surface area contributed by atoms with Gasteiger partial charge in [-0.25, -0.2) is 0 Å². The number of likely N-dealkylation sites (tertiary alicyclic amines) is 1. The second-order valence-electron chi connectivity index (χ2n) is 11.8. The summed E-state index contributed by atoms with van der Waals surface area (Å²) >= 11 is 0. The van der Waals surface area contributed by atoms with Crippen molar-refractivity contribution in [3.05, 3.63) is 61.2 Å². The number of hydrogen-bond donors (Lipinski definition) is 2. The second-order valence-corrected chi connectivity index (χ2v) is 11.8. The van der Waals surface area contributed by atoms with Gasteiger partial charge in [-0.3, -0.25) is 14.4 Å². The van der Waals surface area contributed by atoms with Crippen molar-refractivity contribution in [1.82, 2.24) is 10.2 Å². The van der Waals surface area contributed by atoms with E-state index >= 15 is 0 Å². The first kappa shape index (κ1) is 32.6. The van der Waals surface area contributed by atoms with Crippen LogP contribution in [0, 0.1) is 17.8 Å². The smallest absolute Gasteiger partial charge is 0.309 e. The second kappa shape index (κ2) is 17.8. The summed E-state index contributed by atoms with van der Waals surface area (Å²) in [6, 6.07) is 9.46. The van der Waals surface area contributed by atoms with Crippen LogP contribution < -0.4 is 5.32 Å². The van der Waals surface area contributed by atoms with Crippen LogP contribution in [0.2, 0.25) is 0 Å². The van der Waals surface area contributed by atoms with Crippen molar-refractivity contribution in [1.29, 1.82) is 0 Å². The summed E-state index contributed by atoms with van der Waals surface area (Å²) in [7, 11) is 0. The Kier molecular flexibility index (Phi) is 14.1. The van der Waals surface area contributed by atoms with Crippen LogP contribution in [0.4, 0.5) is 0 Å². The van der Waals surface area contributed by atoms with E-state index < -0.39 is 5.92 Å². The first-order chi connectivity index (χ1) is 19.9. The van der Waals surface area contributed by atoms with E-state index in [-0.39, 0.29) is 55.4 Å². The number of aliphatic hydroxyl groups excluding tert-OH is 1. The topological polar surface area (TPSA) is 95.9 Å². The van der Waals surface area contributed by atoms with Crippen LogP contribution in [0.25, 0.3) is 0 Å². The quantitative estimate of drug-likeness (QED) is 0.195. The average molecular weight is 567 g/mol. The Balaban J connectivity index is 1.65. The Labute approximate surface area is 246 Å². The number of nitrogens with one attached hydrogen (secondary N) is 1. The molecule has 3 rings (SSSR count). The molecule has 4 unspecified atom stereocenters. The normalized spacial score (nSPS) is 19.6. The number of allylic oxidation sites excluding steroid dienone is 2. The molecular weight excluding hydrogens is 516 g/mol. The number of benzene rings is 1. The van der Waals surface area contributed by atoms with Crippen LogP contribution in [0.1, 0.15) is 82.6 Å². The first-order valence-corrected chi connectivity index (χ1v) is 15.6. The van der Waals surface area contributed by atoms with Crippen molar-refractivity contribution in [2.75, 3.05) is 19.8 Å². The van der Waals surface area contributed by atoms with E-state index in [1.165, 1.54) is 19.3 Å². The molecule has 2 amide bonds. The molecule has 7 nitrogen and oxygen atoms in total. The van der Waals surface area contributed by atoms with Gasteiger partial charge in [0.2, 0.25) is 11.8 Å². The number of esters is 1. The number of ether oxygens (including phenoxy) is 1. The van der Waals surface area contributed by atoms with Crippen molar-refractivity contribution in [2.45, 2.75) is 95.6 Å². The highest BCUT2D eigenvalue weighted by Crippen LogP contribution is 2.28. The molecule has 7 heteroatoms. The van der Waals surface area contributed by atoms with Gasteiger partial charge in [0.05, 0.1) is 30.5 Å². The molecular formula is C34H50N2O5. The Hall–Kier alpha value is -2.93. The largest absolute Gasteiger partial charge is 0.463 e. The van der Waals surface area contributed by atoms with Gasteiger partial charge < -0.3 is 20.1 Å². The van der Waals surface area contributed by atoms with Gasteiger partial charge in [0.15, 0.2) is 0 Å². The highest BCUT2D eigenvalue weighted by Gasteiger charge is 2.32. The highest BCUT2D eigenvalue weighted by molar-refractivity contribution is 5.86. The predicted octanol–water partition coefficient (Wildman–Crippen LogP) is 5.38. The molecule has 1 aromatic rings. The van der Waals surface area contributed by atoms with Crippen LogP contribution in [0.5, 0.6) is 0 Å². The van der Waals surface area contributed by atoms with Crippen LogP contribution in [-0.4, -0.2) is 59.6 Å². The Bertz CT molecular complexity index is 975. The average Bonchev–Trinajstić information content (AvgIpc) is 3.48. The fourth-order valence-electron chi connectivity index (χ4n) is 6.30. The Morgan fingerprint density at radius 2 is 1.78 bits per heavy atom. The third-order valence-corrected chi connectivity index (χ3v) is 8.64. The molecule has 0 bridgehead atoms. The maximum Gasteiger partial charge on any atom is 0.309 e. The van der Waals surface area contributed by atoms with Gasteiger partial charge in [0.25, 0.3) is 0 Å². The standard InChI is InChI=1S/C34H50N2O5/c1-3-5-18-29(21-26-14-8-6-9-15-26)34(40)41-25-30(22-27-16-10-7-11-17-27)35-33(39)28(13-4-2)23-32(38)36-20-12-19-31(36)24-37/h3-4,6,8-9,14-15,27-31,37H,1-2,5,7,10-13,16-25H2,(H,35,39). The number of nitrogens with zero attached hydrogens (tertiary/aromatic N) is 1. The van der Waals surface area contributed by atoms with E-state index in [1.54, 1.807) is 11.0 Å². The molecule has 0 aromatic heterocycles. The van der Waals surface area contributed by atoms with Crippen molar-refractivity contribution in [2.24, 2.45) is 17.8 Å². The molecule has 4 atom stereocenters. The van der Waals surface area contributed by atoms with Gasteiger partial charge in [-0.1, -0.05) is 74.6 Å². The molecule has 2 N–H and O–H groups in total. The lowest BCUT2D eigenvalue weighted by molar-refractivity contribution is -0.150. The fraction of sp³-hybridized carbons (Fsp3) is 0.618. The van der Waals surface area contributed by atoms with E-state index in [2.05, 4.69) is 18.5 Å². The van der Waals surface area contributed by atoms with Gasteiger partial charge in [-0.15, -0.1) is 13.2 Å². The fourth-order valence-corrected chi connectivity index (χ4v) is 6.30. The summed E-state index contributed by atoms with van der Waals surface area (Å²) < 4.78 is 5.90. The summed E-state index contributed by atoms with van der Waals surface area (Å²) in [5.74, 6) is -0.925. The monoisotopic (exact) mass is 566 g/mol. The van der Waals surface area contributed by atoms with E-state index in [4.69, 9.17) is 4.74 Å². The third-order valence-electron chi connectivity index (χ3n) is 8.64. The summed E-state index contributed by atoms with van der Waals surface area (Å²) in [5, 5.41) is 12.8. The van der Waals surface area contributed by atoms with Crippen LogP contribution in [-0.2, 0) is 25.5 Å². The van der Waals surface area contributed by atoms with Crippen LogP contribution >= 0.6 is 0 Å². The lowest BCUT2D eigenvalue weighted by atomic mass is 9.84. The van der Waals surface area contributed by atoms with Crippen molar-refractivity contribution < 1.29 is 24.2 Å². The lowest BCUT2D eigenvalue weighted by Gasteiger charge is -2.29.